The van der Waals surface area contributed by atoms with Gasteiger partial charge in [-0.1, -0.05) is 39.8 Å². The van der Waals surface area contributed by atoms with Crippen LogP contribution < -0.4 is 4.74 Å². The Kier molecular flexibility index (Phi) is 5.77. The lowest BCUT2D eigenvalue weighted by atomic mass is 9.90. The first-order chi connectivity index (χ1) is 11.8. The third-order valence-corrected chi connectivity index (χ3v) is 4.03. The van der Waals surface area contributed by atoms with Gasteiger partial charge in [-0.25, -0.2) is 9.18 Å². The van der Waals surface area contributed by atoms with Crippen LogP contribution in [0.1, 0.15) is 61.3 Å². The van der Waals surface area contributed by atoms with Gasteiger partial charge in [0, 0.05) is 5.56 Å². The van der Waals surface area contributed by atoms with Crippen molar-refractivity contribution in [2.45, 2.75) is 39.5 Å². The molecule has 0 aliphatic carbocycles. The molecule has 0 spiro atoms. The normalized spacial score (nSPS) is 11.1. The van der Waals surface area contributed by atoms with Gasteiger partial charge in [-0.05, 0) is 29.5 Å². The predicted octanol–water partition coefficient (Wildman–Crippen LogP) is 4.93. The number of halogens is 1. The summed E-state index contributed by atoms with van der Waals surface area (Å²) in [6, 6.07) is 5.99. The van der Waals surface area contributed by atoms with Gasteiger partial charge in [0.1, 0.15) is 11.6 Å². The van der Waals surface area contributed by atoms with Crippen LogP contribution in [-0.4, -0.2) is 25.2 Å². The molecule has 0 N–H and O–H groups in total. The first-order valence-corrected chi connectivity index (χ1v) is 8.27. The van der Waals surface area contributed by atoms with E-state index in [0.717, 1.165) is 5.69 Å². The van der Waals surface area contributed by atoms with E-state index in [1.165, 1.54) is 19.2 Å². The Balaban J connectivity index is 2.96. The maximum absolute atomic E-state index is 13.4. The summed E-state index contributed by atoms with van der Waals surface area (Å²) >= 11 is 0. The molecule has 1 heterocycles. The number of hydrogen-bond donors (Lipinski definition) is 0. The maximum Gasteiger partial charge on any atom is 0.340 e. The molecule has 0 unspecified atom stereocenters. The minimum Gasteiger partial charge on any atom is -0.494 e. The van der Waals surface area contributed by atoms with Gasteiger partial charge < -0.3 is 9.47 Å². The summed E-state index contributed by atoms with van der Waals surface area (Å²) in [7, 11) is 2.88. The van der Waals surface area contributed by atoms with Crippen molar-refractivity contribution >= 4 is 5.97 Å². The molecule has 0 atom stereocenters. The van der Waals surface area contributed by atoms with Gasteiger partial charge in [-0.15, -0.1) is 0 Å². The lowest BCUT2D eigenvalue weighted by Crippen LogP contribution is -2.15. The van der Waals surface area contributed by atoms with E-state index in [4.69, 9.17) is 14.5 Å². The van der Waals surface area contributed by atoms with Crippen molar-refractivity contribution in [3.8, 4) is 16.9 Å². The third-order valence-electron chi connectivity index (χ3n) is 4.03. The van der Waals surface area contributed by atoms with Crippen molar-refractivity contribution in [1.29, 1.82) is 0 Å². The summed E-state index contributed by atoms with van der Waals surface area (Å²) in [5.41, 5.74) is 3.06. The fraction of sp³-hybridized carbons (Fsp3) is 0.400. The van der Waals surface area contributed by atoms with Gasteiger partial charge in [-0.3, -0.25) is 4.98 Å². The van der Waals surface area contributed by atoms with Crippen molar-refractivity contribution in [2.24, 2.45) is 0 Å². The lowest BCUT2D eigenvalue weighted by molar-refractivity contribution is 0.0599. The number of carbonyl (C=O) groups excluding carboxylic acids is 1. The smallest absolute Gasteiger partial charge is 0.340 e. The van der Waals surface area contributed by atoms with E-state index in [-0.39, 0.29) is 17.7 Å². The topological polar surface area (TPSA) is 48.4 Å². The van der Waals surface area contributed by atoms with Gasteiger partial charge in [-0.2, -0.15) is 0 Å². The number of rotatable bonds is 5. The number of hydrogen-bond acceptors (Lipinski definition) is 4. The Hall–Kier alpha value is -2.43. The summed E-state index contributed by atoms with van der Waals surface area (Å²) in [6.07, 6.45) is 0. The highest BCUT2D eigenvalue weighted by atomic mass is 19.1. The van der Waals surface area contributed by atoms with Crippen LogP contribution in [0, 0.1) is 5.82 Å². The van der Waals surface area contributed by atoms with E-state index in [0.29, 0.717) is 28.1 Å². The Labute approximate surface area is 148 Å². The zero-order valence-corrected chi connectivity index (χ0v) is 15.5. The highest BCUT2D eigenvalue weighted by Crippen LogP contribution is 2.41. The summed E-state index contributed by atoms with van der Waals surface area (Å²) in [5.74, 6) is -0.199. The largest absolute Gasteiger partial charge is 0.494 e. The molecule has 0 aliphatic heterocycles. The van der Waals surface area contributed by atoms with Crippen molar-refractivity contribution in [3.05, 3.63) is 47.0 Å². The van der Waals surface area contributed by atoms with Crippen LogP contribution >= 0.6 is 0 Å². The minimum absolute atomic E-state index is 0.0108. The standard InChI is InChI=1S/C20H24FNO3/c1-11(2)17-16(20(23)25-6)15(13-7-9-14(21)10-8-13)19(24-5)18(22-17)12(3)4/h7-12H,1-6H3. The van der Waals surface area contributed by atoms with Gasteiger partial charge in [0.15, 0.2) is 0 Å². The molecule has 2 aromatic rings. The monoisotopic (exact) mass is 345 g/mol. The van der Waals surface area contributed by atoms with Crippen molar-refractivity contribution in [1.82, 2.24) is 4.98 Å². The Morgan fingerprint density at radius 3 is 2.00 bits per heavy atom. The predicted molar refractivity (Wildman–Crippen MR) is 95.7 cm³/mol. The molecule has 1 aromatic carbocycles. The molecule has 25 heavy (non-hydrogen) atoms. The molecule has 4 nitrogen and oxygen atoms in total. The molecule has 2 rings (SSSR count). The molecule has 0 amide bonds. The van der Waals surface area contributed by atoms with E-state index in [2.05, 4.69) is 0 Å². The zero-order valence-electron chi connectivity index (χ0n) is 15.5. The highest BCUT2D eigenvalue weighted by molar-refractivity contribution is 6.00. The number of esters is 1. The minimum atomic E-state index is -0.482. The average molecular weight is 345 g/mol. The number of ether oxygens (including phenoxy) is 2. The van der Waals surface area contributed by atoms with Crippen LogP contribution in [-0.2, 0) is 4.74 Å². The van der Waals surface area contributed by atoms with Crippen LogP contribution in [0.2, 0.25) is 0 Å². The van der Waals surface area contributed by atoms with Crippen LogP contribution in [0.25, 0.3) is 11.1 Å². The second-order valence-corrected chi connectivity index (χ2v) is 6.47. The maximum atomic E-state index is 13.4. The quantitative estimate of drug-likeness (QED) is 0.721. The summed E-state index contributed by atoms with van der Waals surface area (Å²) in [6.45, 7) is 7.97. The number of nitrogens with zero attached hydrogens (tertiary/aromatic N) is 1. The van der Waals surface area contributed by atoms with Crippen LogP contribution in [0.3, 0.4) is 0 Å². The van der Waals surface area contributed by atoms with Crippen molar-refractivity contribution in [3.63, 3.8) is 0 Å². The fourth-order valence-electron chi connectivity index (χ4n) is 2.82. The molecule has 134 valence electrons. The molecule has 0 radical (unpaired) electrons. The van der Waals surface area contributed by atoms with Crippen molar-refractivity contribution in [2.75, 3.05) is 14.2 Å². The molecular formula is C20H24FNO3. The number of benzene rings is 1. The molecule has 5 heteroatoms. The SMILES string of the molecule is COC(=O)c1c(C(C)C)nc(C(C)C)c(OC)c1-c1ccc(F)cc1. The van der Waals surface area contributed by atoms with Gasteiger partial charge in [0.2, 0.25) is 0 Å². The lowest BCUT2D eigenvalue weighted by Gasteiger charge is -2.22. The Morgan fingerprint density at radius 2 is 1.56 bits per heavy atom. The molecule has 0 saturated carbocycles. The second-order valence-electron chi connectivity index (χ2n) is 6.47. The van der Waals surface area contributed by atoms with E-state index in [9.17, 15) is 9.18 Å². The van der Waals surface area contributed by atoms with Crippen molar-refractivity contribution < 1.29 is 18.7 Å². The van der Waals surface area contributed by atoms with Gasteiger partial charge >= 0.3 is 5.97 Å². The third kappa shape index (κ3) is 3.65. The first-order valence-electron chi connectivity index (χ1n) is 8.27. The number of methoxy groups -OCH3 is 2. The molecule has 0 fully saturated rings. The molecule has 0 aliphatic rings. The molecule has 1 aromatic heterocycles. The Bertz CT molecular complexity index is 768. The van der Waals surface area contributed by atoms with Gasteiger partial charge in [0.25, 0.3) is 0 Å². The first kappa shape index (κ1) is 18.9. The Morgan fingerprint density at radius 1 is 1.00 bits per heavy atom. The molecular weight excluding hydrogens is 321 g/mol. The summed E-state index contributed by atoms with van der Waals surface area (Å²) in [4.78, 5) is 17.3. The number of aromatic nitrogens is 1. The van der Waals surface area contributed by atoms with Crippen LogP contribution in [0.15, 0.2) is 24.3 Å². The fourth-order valence-corrected chi connectivity index (χ4v) is 2.82. The second kappa shape index (κ2) is 7.64. The summed E-state index contributed by atoms with van der Waals surface area (Å²) < 4.78 is 24.0. The van der Waals surface area contributed by atoms with Crippen LogP contribution in [0.5, 0.6) is 5.75 Å². The number of carbonyl (C=O) groups is 1. The average Bonchev–Trinajstić information content (AvgIpc) is 2.59. The van der Waals surface area contributed by atoms with E-state index < -0.39 is 5.97 Å². The molecule has 0 saturated heterocycles. The van der Waals surface area contributed by atoms with E-state index in [1.807, 2.05) is 27.7 Å². The van der Waals surface area contributed by atoms with E-state index in [1.54, 1.807) is 19.2 Å². The van der Waals surface area contributed by atoms with E-state index >= 15 is 0 Å². The van der Waals surface area contributed by atoms with Crippen LogP contribution in [0.4, 0.5) is 4.39 Å². The summed E-state index contributed by atoms with van der Waals surface area (Å²) in [5, 5.41) is 0. The molecule has 0 bridgehead atoms. The number of pyridine rings is 1. The highest BCUT2D eigenvalue weighted by Gasteiger charge is 2.28. The zero-order chi connectivity index (χ0) is 18.7. The van der Waals surface area contributed by atoms with Gasteiger partial charge in [0.05, 0.1) is 31.2 Å².